The molecule has 0 aliphatic carbocycles. The highest BCUT2D eigenvalue weighted by atomic mass is 32.2. The molecule has 2 aromatic rings. The summed E-state index contributed by atoms with van der Waals surface area (Å²) in [6.07, 6.45) is 2.00. The van der Waals surface area contributed by atoms with Gasteiger partial charge in [0.2, 0.25) is 0 Å². The maximum Gasteiger partial charge on any atom is 0.262 e. The van der Waals surface area contributed by atoms with Crippen molar-refractivity contribution in [3.63, 3.8) is 0 Å². The molecule has 1 N–H and O–H groups in total. The van der Waals surface area contributed by atoms with Crippen LogP contribution in [0.15, 0.2) is 47.4 Å². The van der Waals surface area contributed by atoms with Crippen LogP contribution in [0.2, 0.25) is 0 Å². The first-order valence-corrected chi connectivity index (χ1v) is 10.8. The Balaban J connectivity index is 2.17. The molecule has 0 saturated carbocycles. The van der Waals surface area contributed by atoms with Gasteiger partial charge in [0.15, 0.2) is 0 Å². The number of unbranched alkanes of at least 4 members (excludes halogenated alkanes) is 1. The molecule has 27 heavy (non-hydrogen) atoms. The maximum atomic E-state index is 12.7. The highest BCUT2D eigenvalue weighted by molar-refractivity contribution is 7.92. The first kappa shape index (κ1) is 21.0. The van der Waals surface area contributed by atoms with Gasteiger partial charge < -0.3 is 4.90 Å². The Kier molecular flexibility index (Phi) is 7.02. The average molecular weight is 389 g/mol. The highest BCUT2D eigenvalue weighted by Crippen LogP contribution is 2.21. The van der Waals surface area contributed by atoms with Crippen molar-refractivity contribution in [2.45, 2.75) is 45.4 Å². The minimum absolute atomic E-state index is 0.0325. The Labute approximate surface area is 162 Å². The number of hydrogen-bond acceptors (Lipinski definition) is 3. The minimum Gasteiger partial charge on any atom is -0.339 e. The van der Waals surface area contributed by atoms with Gasteiger partial charge in [-0.15, -0.1) is 0 Å². The number of sulfonamides is 1. The summed E-state index contributed by atoms with van der Waals surface area (Å²) in [4.78, 5) is 14.6. The number of nitrogens with one attached hydrogen (secondary N) is 1. The van der Waals surface area contributed by atoms with E-state index in [1.165, 1.54) is 0 Å². The molecular formula is C21H28N2O3S. The third-order valence-corrected chi connectivity index (χ3v) is 5.99. The minimum atomic E-state index is -3.68. The number of carbonyl (C=O) groups is 1. The smallest absolute Gasteiger partial charge is 0.262 e. The number of nitrogens with zero attached hydrogens (tertiary/aromatic N) is 1. The fourth-order valence-electron chi connectivity index (χ4n) is 2.82. The summed E-state index contributed by atoms with van der Waals surface area (Å²) in [6, 6.07) is 11.9. The lowest BCUT2D eigenvalue weighted by molar-refractivity contribution is 0.0762. The van der Waals surface area contributed by atoms with Gasteiger partial charge in [-0.3, -0.25) is 9.52 Å². The van der Waals surface area contributed by atoms with Crippen molar-refractivity contribution in [3.05, 3.63) is 59.2 Å². The molecule has 1 amide bonds. The number of benzene rings is 2. The normalized spacial score (nSPS) is 11.3. The first-order chi connectivity index (χ1) is 12.8. The van der Waals surface area contributed by atoms with Gasteiger partial charge in [-0.25, -0.2) is 8.42 Å². The fraction of sp³-hybridized carbons (Fsp3) is 0.381. The standard InChI is InChI=1S/C21H28N2O3S/c1-5-7-14-23(6-2)21(24)18-10-12-19(13-11-18)22-27(25,26)20-15-16(3)8-9-17(20)4/h8-13,15,22H,5-7,14H2,1-4H3. The zero-order chi connectivity index (χ0) is 20.0. The van der Waals surface area contributed by atoms with Gasteiger partial charge in [0, 0.05) is 24.3 Å². The van der Waals surface area contributed by atoms with Gasteiger partial charge in [-0.2, -0.15) is 0 Å². The summed E-state index contributed by atoms with van der Waals surface area (Å²) in [5.41, 5.74) is 2.56. The van der Waals surface area contributed by atoms with Gasteiger partial charge >= 0.3 is 0 Å². The number of anilines is 1. The molecule has 146 valence electrons. The fourth-order valence-corrected chi connectivity index (χ4v) is 4.21. The molecule has 0 radical (unpaired) electrons. The molecule has 0 aliphatic rings. The Bertz CT molecular complexity index is 890. The Morgan fingerprint density at radius 3 is 2.30 bits per heavy atom. The number of amides is 1. The molecule has 0 heterocycles. The Morgan fingerprint density at radius 1 is 1.04 bits per heavy atom. The number of rotatable bonds is 8. The van der Waals surface area contributed by atoms with Crippen molar-refractivity contribution < 1.29 is 13.2 Å². The maximum absolute atomic E-state index is 12.7. The lowest BCUT2D eigenvalue weighted by Gasteiger charge is -2.20. The van der Waals surface area contributed by atoms with Gasteiger partial charge in [-0.05, 0) is 68.7 Å². The van der Waals surface area contributed by atoms with E-state index in [0.717, 1.165) is 24.9 Å². The topological polar surface area (TPSA) is 66.5 Å². The van der Waals surface area contributed by atoms with Crippen molar-refractivity contribution in [2.75, 3.05) is 17.8 Å². The number of carbonyl (C=O) groups excluding carboxylic acids is 1. The molecule has 2 rings (SSSR count). The predicted molar refractivity (Wildman–Crippen MR) is 110 cm³/mol. The third-order valence-electron chi connectivity index (χ3n) is 4.47. The molecule has 0 aromatic heterocycles. The van der Waals surface area contributed by atoms with E-state index in [4.69, 9.17) is 0 Å². The molecule has 0 fully saturated rings. The molecule has 0 atom stereocenters. The van der Waals surface area contributed by atoms with Gasteiger partial charge in [0.25, 0.3) is 15.9 Å². The summed E-state index contributed by atoms with van der Waals surface area (Å²) >= 11 is 0. The second kappa shape index (κ2) is 9.04. The van der Waals surface area contributed by atoms with E-state index in [1.54, 1.807) is 48.2 Å². The van der Waals surface area contributed by atoms with Crippen molar-refractivity contribution >= 4 is 21.6 Å². The van der Waals surface area contributed by atoms with Crippen LogP contribution in [0, 0.1) is 13.8 Å². The van der Waals surface area contributed by atoms with Crippen molar-refractivity contribution in [2.24, 2.45) is 0 Å². The SMILES string of the molecule is CCCCN(CC)C(=O)c1ccc(NS(=O)(=O)c2cc(C)ccc2C)cc1. The van der Waals surface area contributed by atoms with Gasteiger partial charge in [0.05, 0.1) is 4.90 Å². The summed E-state index contributed by atoms with van der Waals surface area (Å²) in [6.45, 7) is 9.06. The van der Waals surface area contributed by atoms with Gasteiger partial charge in [0.1, 0.15) is 0 Å². The summed E-state index contributed by atoms with van der Waals surface area (Å²) in [5.74, 6) is -0.0325. The van der Waals surface area contributed by atoms with E-state index in [1.807, 2.05) is 19.9 Å². The van der Waals surface area contributed by atoms with Crippen LogP contribution < -0.4 is 4.72 Å². The first-order valence-electron chi connectivity index (χ1n) is 9.28. The van der Waals surface area contributed by atoms with Crippen molar-refractivity contribution in [3.8, 4) is 0 Å². The zero-order valence-corrected chi connectivity index (χ0v) is 17.3. The lowest BCUT2D eigenvalue weighted by atomic mass is 10.1. The Morgan fingerprint density at radius 2 is 1.70 bits per heavy atom. The lowest BCUT2D eigenvalue weighted by Crippen LogP contribution is -2.31. The van der Waals surface area contributed by atoms with Crippen LogP contribution in [0.4, 0.5) is 5.69 Å². The van der Waals surface area contributed by atoms with E-state index in [0.29, 0.717) is 23.4 Å². The highest BCUT2D eigenvalue weighted by Gasteiger charge is 2.18. The monoisotopic (exact) mass is 388 g/mol. The zero-order valence-electron chi connectivity index (χ0n) is 16.5. The molecule has 0 unspecified atom stereocenters. The van der Waals surface area contributed by atoms with Crippen LogP contribution in [0.25, 0.3) is 0 Å². The summed E-state index contributed by atoms with van der Waals surface area (Å²) in [7, 11) is -3.68. The van der Waals surface area contributed by atoms with Crippen molar-refractivity contribution in [1.29, 1.82) is 0 Å². The molecule has 5 nitrogen and oxygen atoms in total. The molecular weight excluding hydrogens is 360 g/mol. The number of hydrogen-bond donors (Lipinski definition) is 1. The average Bonchev–Trinajstić information content (AvgIpc) is 2.64. The largest absolute Gasteiger partial charge is 0.339 e. The van der Waals surface area contributed by atoms with Crippen LogP contribution in [-0.2, 0) is 10.0 Å². The second-order valence-corrected chi connectivity index (χ2v) is 8.34. The Hall–Kier alpha value is -2.34. The molecule has 0 spiro atoms. The second-order valence-electron chi connectivity index (χ2n) is 6.69. The van der Waals surface area contributed by atoms with Crippen LogP contribution in [-0.4, -0.2) is 32.3 Å². The summed E-state index contributed by atoms with van der Waals surface area (Å²) < 4.78 is 28.0. The number of aryl methyl sites for hydroxylation is 2. The quantitative estimate of drug-likeness (QED) is 0.730. The molecule has 0 aliphatic heterocycles. The molecule has 0 saturated heterocycles. The van der Waals surface area contributed by atoms with E-state index < -0.39 is 10.0 Å². The third kappa shape index (κ3) is 5.32. The van der Waals surface area contributed by atoms with E-state index in [-0.39, 0.29) is 10.8 Å². The van der Waals surface area contributed by atoms with Crippen LogP contribution in [0.5, 0.6) is 0 Å². The van der Waals surface area contributed by atoms with E-state index >= 15 is 0 Å². The van der Waals surface area contributed by atoms with Crippen LogP contribution in [0.1, 0.15) is 48.2 Å². The molecule has 0 bridgehead atoms. The van der Waals surface area contributed by atoms with E-state index in [2.05, 4.69) is 11.6 Å². The molecule has 2 aromatic carbocycles. The van der Waals surface area contributed by atoms with Crippen LogP contribution in [0.3, 0.4) is 0 Å². The van der Waals surface area contributed by atoms with Crippen LogP contribution >= 0.6 is 0 Å². The summed E-state index contributed by atoms with van der Waals surface area (Å²) in [5, 5.41) is 0. The van der Waals surface area contributed by atoms with Crippen molar-refractivity contribution in [1.82, 2.24) is 4.90 Å². The molecule has 6 heteroatoms. The van der Waals surface area contributed by atoms with E-state index in [9.17, 15) is 13.2 Å². The van der Waals surface area contributed by atoms with Gasteiger partial charge in [-0.1, -0.05) is 25.5 Å². The predicted octanol–water partition coefficient (Wildman–Crippen LogP) is 4.37.